The van der Waals surface area contributed by atoms with Gasteiger partial charge in [-0.1, -0.05) is 24.3 Å². The Morgan fingerprint density at radius 1 is 0.963 bits per heavy atom. The molecule has 3 rings (SSSR count). The van der Waals surface area contributed by atoms with Crippen molar-refractivity contribution in [2.75, 3.05) is 25.6 Å². The molecule has 0 saturated heterocycles. The van der Waals surface area contributed by atoms with Crippen LogP contribution in [0.1, 0.15) is 10.4 Å². The van der Waals surface area contributed by atoms with Crippen LogP contribution < -0.4 is 14.8 Å². The van der Waals surface area contributed by atoms with Crippen molar-refractivity contribution in [3.05, 3.63) is 78.5 Å². The van der Waals surface area contributed by atoms with Crippen LogP contribution in [0.4, 0.5) is 5.69 Å². The third-order valence-electron chi connectivity index (χ3n) is 3.62. The molecule has 6 nitrogen and oxygen atoms in total. The van der Waals surface area contributed by atoms with Crippen LogP contribution in [-0.2, 0) is 4.74 Å². The van der Waals surface area contributed by atoms with Gasteiger partial charge >= 0.3 is 0 Å². The minimum atomic E-state index is -0.280. The Balaban J connectivity index is 1.71. The normalized spacial score (nSPS) is 10.3. The second-order valence-electron chi connectivity index (χ2n) is 5.59. The van der Waals surface area contributed by atoms with E-state index in [4.69, 9.17) is 14.2 Å². The van der Waals surface area contributed by atoms with Gasteiger partial charge in [-0.3, -0.25) is 4.79 Å². The molecular formula is C21H20N2O4. The monoisotopic (exact) mass is 364 g/mol. The summed E-state index contributed by atoms with van der Waals surface area (Å²) in [6.45, 7) is 0.777. The molecule has 3 aromatic rings. The summed E-state index contributed by atoms with van der Waals surface area (Å²) in [4.78, 5) is 16.8. The van der Waals surface area contributed by atoms with E-state index in [1.807, 2.05) is 30.3 Å². The minimum absolute atomic E-state index is 0.280. The number of carbonyl (C=O) groups excluding carboxylic acids is 1. The van der Waals surface area contributed by atoms with Gasteiger partial charge in [0.1, 0.15) is 23.8 Å². The Morgan fingerprint density at radius 3 is 2.59 bits per heavy atom. The smallest absolute Gasteiger partial charge is 0.255 e. The molecule has 0 unspecified atom stereocenters. The molecule has 0 atom stereocenters. The first kappa shape index (κ1) is 18.4. The highest BCUT2D eigenvalue weighted by Crippen LogP contribution is 2.24. The van der Waals surface area contributed by atoms with Gasteiger partial charge in [0.05, 0.1) is 6.61 Å². The van der Waals surface area contributed by atoms with Crippen molar-refractivity contribution in [1.82, 2.24) is 4.98 Å². The van der Waals surface area contributed by atoms with Gasteiger partial charge in [-0.25, -0.2) is 4.98 Å². The molecule has 6 heteroatoms. The maximum atomic E-state index is 12.6. The molecule has 1 N–H and O–H groups in total. The van der Waals surface area contributed by atoms with Crippen LogP contribution in [0.3, 0.4) is 0 Å². The Morgan fingerprint density at radius 2 is 1.78 bits per heavy atom. The lowest BCUT2D eigenvalue weighted by atomic mass is 10.2. The molecule has 2 aromatic carbocycles. The van der Waals surface area contributed by atoms with Gasteiger partial charge in [0, 0.05) is 18.9 Å². The van der Waals surface area contributed by atoms with Gasteiger partial charge in [0.15, 0.2) is 0 Å². The number of nitrogens with zero attached hydrogens (tertiary/aromatic N) is 1. The summed E-state index contributed by atoms with van der Waals surface area (Å²) in [7, 11) is 1.59. The lowest BCUT2D eigenvalue weighted by molar-refractivity contribution is 0.102. The van der Waals surface area contributed by atoms with Crippen LogP contribution >= 0.6 is 0 Å². The third kappa shape index (κ3) is 5.29. The van der Waals surface area contributed by atoms with E-state index in [-0.39, 0.29) is 5.91 Å². The number of anilines is 1. The Labute approximate surface area is 157 Å². The molecule has 0 radical (unpaired) electrons. The number of amides is 1. The molecular weight excluding hydrogens is 344 g/mol. The fourth-order valence-corrected chi connectivity index (χ4v) is 2.34. The summed E-state index contributed by atoms with van der Waals surface area (Å²) in [5.41, 5.74) is 0.961. The molecule has 1 heterocycles. The molecule has 0 aliphatic heterocycles. The first-order chi connectivity index (χ1) is 13.3. The summed E-state index contributed by atoms with van der Waals surface area (Å²) in [6.07, 6.45) is 1.60. The van der Waals surface area contributed by atoms with Gasteiger partial charge in [-0.2, -0.15) is 0 Å². The zero-order valence-corrected chi connectivity index (χ0v) is 14.9. The van der Waals surface area contributed by atoms with Gasteiger partial charge < -0.3 is 19.5 Å². The van der Waals surface area contributed by atoms with Gasteiger partial charge in [-0.05, 0) is 42.5 Å². The van der Waals surface area contributed by atoms with E-state index >= 15 is 0 Å². The second-order valence-corrected chi connectivity index (χ2v) is 5.59. The van der Waals surface area contributed by atoms with Crippen molar-refractivity contribution in [1.29, 1.82) is 0 Å². The fourth-order valence-electron chi connectivity index (χ4n) is 2.34. The van der Waals surface area contributed by atoms with E-state index in [1.54, 1.807) is 49.7 Å². The molecule has 0 saturated carbocycles. The number of benzene rings is 2. The number of hydrogen-bond donors (Lipinski definition) is 1. The molecule has 0 bridgehead atoms. The lowest BCUT2D eigenvalue weighted by Crippen LogP contribution is -2.14. The summed E-state index contributed by atoms with van der Waals surface area (Å²) >= 11 is 0. The molecule has 27 heavy (non-hydrogen) atoms. The first-order valence-corrected chi connectivity index (χ1v) is 8.47. The summed E-state index contributed by atoms with van der Waals surface area (Å²) < 4.78 is 16.3. The van der Waals surface area contributed by atoms with Crippen LogP contribution in [0.15, 0.2) is 72.9 Å². The predicted octanol–water partition coefficient (Wildman–Crippen LogP) is 4.15. The van der Waals surface area contributed by atoms with E-state index < -0.39 is 0 Å². The topological polar surface area (TPSA) is 69.7 Å². The highest BCUT2D eigenvalue weighted by atomic mass is 16.5. The molecule has 138 valence electrons. The van der Waals surface area contributed by atoms with Gasteiger partial charge in [0.2, 0.25) is 5.88 Å². The standard InChI is InChI=1S/C21H20N2O4/c1-25-13-14-26-21-19(11-6-12-22-21)23-20(24)16-7-5-10-18(15-16)27-17-8-3-2-4-9-17/h2-12,15H,13-14H2,1H3,(H,23,24). The highest BCUT2D eigenvalue weighted by Gasteiger charge is 2.12. The number of ether oxygens (including phenoxy) is 3. The third-order valence-corrected chi connectivity index (χ3v) is 3.62. The van der Waals surface area contributed by atoms with Crippen molar-refractivity contribution < 1.29 is 19.0 Å². The molecule has 0 fully saturated rings. The molecule has 1 amide bonds. The number of para-hydroxylation sites is 1. The number of methoxy groups -OCH3 is 1. The van der Waals surface area contributed by atoms with Crippen molar-refractivity contribution in [2.45, 2.75) is 0 Å². The van der Waals surface area contributed by atoms with E-state index in [9.17, 15) is 4.79 Å². The maximum absolute atomic E-state index is 12.6. The average molecular weight is 364 g/mol. The molecule has 1 aromatic heterocycles. The zero-order chi connectivity index (χ0) is 18.9. The van der Waals surface area contributed by atoms with Gasteiger partial charge in [-0.15, -0.1) is 0 Å². The maximum Gasteiger partial charge on any atom is 0.255 e. The van der Waals surface area contributed by atoms with E-state index in [2.05, 4.69) is 10.3 Å². The Kier molecular flexibility index (Phi) is 6.38. The van der Waals surface area contributed by atoms with Crippen LogP contribution in [0.5, 0.6) is 17.4 Å². The zero-order valence-electron chi connectivity index (χ0n) is 14.9. The predicted molar refractivity (Wildman–Crippen MR) is 103 cm³/mol. The van der Waals surface area contributed by atoms with Crippen LogP contribution in [0, 0.1) is 0 Å². The SMILES string of the molecule is COCCOc1ncccc1NC(=O)c1cccc(Oc2ccccc2)c1. The van der Waals surface area contributed by atoms with Crippen molar-refractivity contribution in [3.63, 3.8) is 0 Å². The summed E-state index contributed by atoms with van der Waals surface area (Å²) in [5, 5.41) is 2.82. The van der Waals surface area contributed by atoms with E-state index in [1.165, 1.54) is 0 Å². The fraction of sp³-hybridized carbons (Fsp3) is 0.143. The van der Waals surface area contributed by atoms with E-state index in [0.29, 0.717) is 41.8 Å². The molecule has 0 aliphatic carbocycles. The number of aromatic nitrogens is 1. The van der Waals surface area contributed by atoms with Crippen LogP contribution in [0.2, 0.25) is 0 Å². The number of rotatable bonds is 8. The number of nitrogens with one attached hydrogen (secondary N) is 1. The lowest BCUT2D eigenvalue weighted by Gasteiger charge is -2.12. The molecule has 0 spiro atoms. The van der Waals surface area contributed by atoms with Crippen LogP contribution in [0.25, 0.3) is 0 Å². The average Bonchev–Trinajstić information content (AvgIpc) is 2.70. The molecule has 0 aliphatic rings. The first-order valence-electron chi connectivity index (χ1n) is 8.47. The number of hydrogen-bond acceptors (Lipinski definition) is 5. The summed E-state index contributed by atoms with van der Waals surface area (Å²) in [6, 6.07) is 19.8. The van der Waals surface area contributed by atoms with Crippen molar-refractivity contribution >= 4 is 11.6 Å². The second kappa shape index (κ2) is 9.35. The van der Waals surface area contributed by atoms with Crippen LogP contribution in [-0.4, -0.2) is 31.2 Å². The quantitative estimate of drug-likeness (QED) is 0.608. The summed E-state index contributed by atoms with van der Waals surface area (Å²) in [5.74, 6) is 1.35. The largest absolute Gasteiger partial charge is 0.474 e. The Bertz CT molecular complexity index is 884. The number of pyridine rings is 1. The van der Waals surface area contributed by atoms with E-state index in [0.717, 1.165) is 0 Å². The highest BCUT2D eigenvalue weighted by molar-refractivity contribution is 6.05. The van der Waals surface area contributed by atoms with Crippen molar-refractivity contribution in [3.8, 4) is 17.4 Å². The van der Waals surface area contributed by atoms with Gasteiger partial charge in [0.25, 0.3) is 5.91 Å². The minimum Gasteiger partial charge on any atom is -0.474 e. The number of carbonyl (C=O) groups is 1. The van der Waals surface area contributed by atoms with Crippen molar-refractivity contribution in [2.24, 2.45) is 0 Å². The Hall–Kier alpha value is -3.38.